The van der Waals surface area contributed by atoms with E-state index in [4.69, 9.17) is 25.0 Å². The Morgan fingerprint density at radius 2 is 1.94 bits per heavy atom. The average molecular weight is 507 g/mol. The third-order valence-electron chi connectivity index (χ3n) is 5.15. The van der Waals surface area contributed by atoms with Gasteiger partial charge in [0.2, 0.25) is 0 Å². The van der Waals surface area contributed by atoms with Gasteiger partial charge in [0, 0.05) is 12.6 Å². The van der Waals surface area contributed by atoms with Crippen molar-refractivity contribution in [1.29, 1.82) is 0 Å². The van der Waals surface area contributed by atoms with Gasteiger partial charge in [-0.1, -0.05) is 0 Å². The molecule has 3 saturated heterocycles. The van der Waals surface area contributed by atoms with Crippen LogP contribution >= 0.6 is 0 Å². The minimum atomic E-state index is -5.08. The van der Waals surface area contributed by atoms with Crippen molar-refractivity contribution in [2.45, 2.75) is 43.6 Å². The molecule has 3 amide bonds. The summed E-state index contributed by atoms with van der Waals surface area (Å²) in [5.74, 6) is -2.85. The highest BCUT2D eigenvalue weighted by molar-refractivity contribution is 7.80. The molecule has 3 fully saturated rings. The number of hydrogen-bond acceptors (Lipinski definition) is 9. The summed E-state index contributed by atoms with van der Waals surface area (Å²) in [5, 5.41) is 11.0. The van der Waals surface area contributed by atoms with Crippen molar-refractivity contribution >= 4 is 28.3 Å². The smallest absolute Gasteiger partial charge is 0.475 e. The monoisotopic (exact) mass is 507 g/mol. The first-order valence-corrected chi connectivity index (χ1v) is 11.0. The number of rotatable bonds is 7. The van der Waals surface area contributed by atoms with E-state index in [2.05, 4.69) is 15.1 Å². The maximum Gasteiger partial charge on any atom is 0.490 e. The number of urea groups is 1. The van der Waals surface area contributed by atoms with Crippen LogP contribution < -0.4 is 16.5 Å². The van der Waals surface area contributed by atoms with E-state index < -0.39 is 46.6 Å². The van der Waals surface area contributed by atoms with Gasteiger partial charge in [-0.15, -0.1) is 4.28 Å². The van der Waals surface area contributed by atoms with Gasteiger partial charge in [-0.05, 0) is 38.3 Å². The Balaban J connectivity index is 0.000000479. The number of carbonyl (C=O) groups is 3. The second-order valence-corrected chi connectivity index (χ2v) is 8.54. The maximum absolute atomic E-state index is 12.3. The normalized spacial score (nSPS) is 27.2. The predicted molar refractivity (Wildman–Crippen MR) is 100 cm³/mol. The van der Waals surface area contributed by atoms with E-state index in [1.54, 1.807) is 0 Å². The van der Waals surface area contributed by atoms with Gasteiger partial charge in [0.1, 0.15) is 6.04 Å². The second-order valence-electron chi connectivity index (χ2n) is 7.53. The molecule has 3 heterocycles. The number of piperidine rings is 1. The van der Waals surface area contributed by atoms with Crippen molar-refractivity contribution in [2.24, 2.45) is 11.7 Å². The number of hydrogen-bond donors (Lipinski definition) is 5. The lowest BCUT2D eigenvalue weighted by Crippen LogP contribution is -2.50. The number of nitrogens with zero attached hydrogens (tertiary/aromatic N) is 2. The van der Waals surface area contributed by atoms with Crippen LogP contribution in [0.4, 0.5) is 18.0 Å². The molecular formula is C15H24F3N5O9S. The van der Waals surface area contributed by atoms with Crippen molar-refractivity contribution in [1.82, 2.24) is 20.8 Å². The van der Waals surface area contributed by atoms with Crippen LogP contribution in [0.5, 0.6) is 0 Å². The molecule has 4 atom stereocenters. The van der Waals surface area contributed by atoms with Gasteiger partial charge in [0.15, 0.2) is 0 Å². The molecule has 0 spiro atoms. The molecule has 0 aromatic rings. The molecule has 3 rings (SSSR count). The summed E-state index contributed by atoms with van der Waals surface area (Å²) >= 11 is 0. The Morgan fingerprint density at radius 1 is 1.30 bits per heavy atom. The molecule has 18 heteroatoms. The second kappa shape index (κ2) is 10.8. The minimum Gasteiger partial charge on any atom is -0.475 e. The summed E-state index contributed by atoms with van der Waals surface area (Å²) in [4.78, 5) is 39.9. The van der Waals surface area contributed by atoms with E-state index in [1.165, 1.54) is 4.90 Å². The number of carboxylic acid groups (broad SMARTS) is 1. The molecule has 3 aliphatic rings. The summed E-state index contributed by atoms with van der Waals surface area (Å²) in [6.07, 6.45) is -3.53. The third-order valence-corrected chi connectivity index (χ3v) is 5.50. The highest BCUT2D eigenvalue weighted by atomic mass is 32.3. The largest absolute Gasteiger partial charge is 0.490 e. The Bertz CT molecular complexity index is 843. The van der Waals surface area contributed by atoms with Crippen molar-refractivity contribution in [3.05, 3.63) is 0 Å². The van der Waals surface area contributed by atoms with E-state index in [1.807, 2.05) is 0 Å². The SMILES string of the molecule is NC[C@H]1CN[C@@H](CONC(=O)[C@@H]2CC[C@@H]3CN2C(=O)N3OS(=O)(=O)O)C1.O=C(O)C(F)(F)F. The fourth-order valence-corrected chi connectivity index (χ4v) is 3.98. The topological polar surface area (TPSA) is 201 Å². The van der Waals surface area contributed by atoms with E-state index in [9.17, 15) is 31.2 Å². The van der Waals surface area contributed by atoms with Gasteiger partial charge in [-0.2, -0.15) is 26.7 Å². The number of nitrogens with two attached hydrogens (primary N) is 1. The predicted octanol–water partition coefficient (Wildman–Crippen LogP) is -1.39. The average Bonchev–Trinajstić information content (AvgIpc) is 3.26. The molecule has 190 valence electrons. The molecule has 33 heavy (non-hydrogen) atoms. The number of halogens is 3. The molecule has 14 nitrogen and oxygen atoms in total. The third kappa shape index (κ3) is 7.64. The zero-order valence-corrected chi connectivity index (χ0v) is 17.8. The zero-order chi connectivity index (χ0) is 25.0. The first-order valence-electron chi connectivity index (χ1n) is 9.65. The van der Waals surface area contributed by atoms with Crippen LogP contribution in [-0.2, 0) is 29.1 Å². The Kier molecular flexibility index (Phi) is 8.82. The molecular weight excluding hydrogens is 483 g/mol. The Labute approximate surface area is 186 Å². The van der Waals surface area contributed by atoms with Gasteiger partial charge in [-0.3, -0.25) is 14.2 Å². The number of carboxylic acids is 1. The van der Waals surface area contributed by atoms with E-state index in [0.29, 0.717) is 30.4 Å². The fraction of sp³-hybridized carbons (Fsp3) is 0.800. The van der Waals surface area contributed by atoms with Crippen LogP contribution in [0.1, 0.15) is 19.3 Å². The minimum absolute atomic E-state index is 0.103. The summed E-state index contributed by atoms with van der Waals surface area (Å²) in [7, 11) is -4.81. The lowest BCUT2D eigenvalue weighted by atomic mass is 10.0. The van der Waals surface area contributed by atoms with Crippen LogP contribution in [-0.4, -0.2) is 96.5 Å². The van der Waals surface area contributed by atoms with Crippen LogP contribution in [0.3, 0.4) is 0 Å². The number of amides is 3. The van der Waals surface area contributed by atoms with Gasteiger partial charge >= 0.3 is 28.6 Å². The summed E-state index contributed by atoms with van der Waals surface area (Å²) < 4.78 is 66.5. The fourth-order valence-electron chi connectivity index (χ4n) is 3.59. The lowest BCUT2D eigenvalue weighted by molar-refractivity contribution is -0.192. The van der Waals surface area contributed by atoms with Crippen LogP contribution in [0, 0.1) is 5.92 Å². The highest BCUT2D eigenvalue weighted by Crippen LogP contribution is 2.30. The maximum atomic E-state index is 12.3. The summed E-state index contributed by atoms with van der Waals surface area (Å²) in [6, 6.07) is -2.01. The summed E-state index contributed by atoms with van der Waals surface area (Å²) in [5.41, 5.74) is 7.96. The first kappa shape index (κ1) is 27.0. The number of fused-ring (bicyclic) bond motifs is 2. The summed E-state index contributed by atoms with van der Waals surface area (Å²) in [6.45, 7) is 1.82. The van der Waals surface area contributed by atoms with Gasteiger partial charge in [0.05, 0.1) is 12.6 Å². The van der Waals surface area contributed by atoms with Gasteiger partial charge in [-0.25, -0.2) is 15.1 Å². The number of alkyl halides is 3. The van der Waals surface area contributed by atoms with Crippen LogP contribution in [0.2, 0.25) is 0 Å². The van der Waals surface area contributed by atoms with Crippen LogP contribution in [0.15, 0.2) is 0 Å². The molecule has 0 aromatic heterocycles. The molecule has 6 N–H and O–H groups in total. The number of carbonyl (C=O) groups excluding carboxylic acids is 2. The van der Waals surface area contributed by atoms with E-state index in [0.717, 1.165) is 13.0 Å². The van der Waals surface area contributed by atoms with Crippen molar-refractivity contribution in [2.75, 3.05) is 26.2 Å². The molecule has 0 aromatic carbocycles. The molecule has 0 saturated carbocycles. The van der Waals surface area contributed by atoms with Crippen molar-refractivity contribution < 1.29 is 54.8 Å². The first-order chi connectivity index (χ1) is 15.2. The lowest BCUT2D eigenvalue weighted by Gasteiger charge is -2.29. The molecule has 0 aliphatic carbocycles. The number of hydroxylamine groups is 3. The standard InChI is InChI=1S/C13H23N5O7S.C2HF3O2/c14-4-8-3-9(15-5-8)7-24-16-12(19)11-2-1-10-6-17(11)13(20)18(10)25-26(21,22)23;3-2(4,5)1(6)7/h8-11,15H,1-7,14H2,(H,16,19)(H,21,22,23);(H,6,7)/t8-,9+,10+,11-;/m0./s1. The highest BCUT2D eigenvalue weighted by Gasteiger charge is 2.49. The Hall–Kier alpha value is -2.25. The van der Waals surface area contributed by atoms with Crippen molar-refractivity contribution in [3.8, 4) is 0 Å². The number of aliphatic carboxylic acids is 1. The van der Waals surface area contributed by atoms with E-state index >= 15 is 0 Å². The van der Waals surface area contributed by atoms with Gasteiger partial charge in [0.25, 0.3) is 5.91 Å². The van der Waals surface area contributed by atoms with Crippen molar-refractivity contribution in [3.63, 3.8) is 0 Å². The molecule has 2 bridgehead atoms. The van der Waals surface area contributed by atoms with Crippen LogP contribution in [0.25, 0.3) is 0 Å². The number of nitrogens with one attached hydrogen (secondary N) is 2. The quantitative estimate of drug-likeness (QED) is 0.201. The Morgan fingerprint density at radius 3 is 2.45 bits per heavy atom. The zero-order valence-electron chi connectivity index (χ0n) is 17.0. The molecule has 3 aliphatic heterocycles. The van der Waals surface area contributed by atoms with E-state index in [-0.39, 0.29) is 19.2 Å². The molecule has 0 radical (unpaired) electrons. The van der Waals surface area contributed by atoms with Gasteiger partial charge < -0.3 is 21.1 Å². The molecule has 0 unspecified atom stereocenters.